The average molecular weight is 332 g/mol. The smallest absolute Gasteiger partial charge is 0.352 e. The highest BCUT2D eigenvalue weighted by Gasteiger charge is 2.13. The maximum absolute atomic E-state index is 11.0. The predicted molar refractivity (Wildman–Crippen MR) is 64.5 cm³/mol. The number of hydrogen-bond donors (Lipinski definition) is 1. The van der Waals surface area contributed by atoms with Gasteiger partial charge in [0.25, 0.3) is 0 Å². The molecule has 0 aliphatic heterocycles. The van der Waals surface area contributed by atoms with Crippen LogP contribution in [0.15, 0.2) is 22.9 Å². The Morgan fingerprint density at radius 1 is 1.62 bits per heavy atom. The van der Waals surface area contributed by atoms with E-state index in [4.69, 9.17) is 9.63 Å². The highest BCUT2D eigenvalue weighted by Crippen LogP contribution is 2.14. The molecule has 6 heteroatoms. The summed E-state index contributed by atoms with van der Waals surface area (Å²) < 4.78 is 7.56. The molecule has 0 saturated heterocycles. The van der Waals surface area contributed by atoms with Crippen LogP contribution in [-0.4, -0.2) is 20.8 Å². The van der Waals surface area contributed by atoms with Crippen molar-refractivity contribution in [1.29, 1.82) is 0 Å². The van der Waals surface area contributed by atoms with Gasteiger partial charge in [-0.1, -0.05) is 5.16 Å². The largest absolute Gasteiger partial charge is 0.477 e. The lowest BCUT2D eigenvalue weighted by Gasteiger charge is -2.01. The molecule has 2 rings (SSSR count). The van der Waals surface area contributed by atoms with Gasteiger partial charge in [-0.15, -0.1) is 0 Å². The van der Waals surface area contributed by atoms with Crippen LogP contribution in [0.4, 0.5) is 0 Å². The van der Waals surface area contributed by atoms with Crippen molar-refractivity contribution in [3.05, 3.63) is 39.0 Å². The van der Waals surface area contributed by atoms with Gasteiger partial charge < -0.3 is 14.2 Å². The lowest BCUT2D eigenvalue weighted by molar-refractivity contribution is 0.0685. The molecule has 1 N–H and O–H groups in total. The summed E-state index contributed by atoms with van der Waals surface area (Å²) in [5.74, 6) is -0.300. The van der Waals surface area contributed by atoms with Crippen molar-refractivity contribution in [1.82, 2.24) is 9.72 Å². The number of carboxylic acids is 1. The van der Waals surface area contributed by atoms with Gasteiger partial charge in [-0.3, -0.25) is 0 Å². The third-order valence-corrected chi connectivity index (χ3v) is 2.68. The summed E-state index contributed by atoms with van der Waals surface area (Å²) in [6.45, 7) is 2.20. The maximum atomic E-state index is 11.0. The van der Waals surface area contributed by atoms with Gasteiger partial charge in [0, 0.05) is 15.8 Å². The number of hydrogen-bond acceptors (Lipinski definition) is 3. The first-order chi connectivity index (χ1) is 7.56. The average Bonchev–Trinajstić information content (AvgIpc) is 2.74. The van der Waals surface area contributed by atoms with Gasteiger partial charge in [-0.25, -0.2) is 4.79 Å². The van der Waals surface area contributed by atoms with Crippen LogP contribution in [0, 0.1) is 10.5 Å². The maximum Gasteiger partial charge on any atom is 0.352 e. The van der Waals surface area contributed by atoms with Crippen molar-refractivity contribution < 1.29 is 14.4 Å². The molecular weight excluding hydrogens is 323 g/mol. The molecule has 0 spiro atoms. The van der Waals surface area contributed by atoms with E-state index in [9.17, 15) is 4.79 Å². The fraction of sp³-hybridized carbons (Fsp3) is 0.200. The Kier molecular flexibility index (Phi) is 2.99. The molecule has 0 aromatic carbocycles. The van der Waals surface area contributed by atoms with Gasteiger partial charge in [0.1, 0.15) is 5.69 Å². The van der Waals surface area contributed by atoms with Gasteiger partial charge in [-0.05, 0) is 35.6 Å². The number of aromatic carboxylic acids is 1. The molecule has 0 atom stereocenters. The Bertz CT molecular complexity index is 530. The summed E-state index contributed by atoms with van der Waals surface area (Å²) in [6.07, 6.45) is 1.77. The molecule has 16 heavy (non-hydrogen) atoms. The Labute approximate surface area is 105 Å². The first kappa shape index (κ1) is 11.2. The number of aryl methyl sites for hydroxylation is 1. The topological polar surface area (TPSA) is 68.3 Å². The van der Waals surface area contributed by atoms with E-state index < -0.39 is 5.97 Å². The van der Waals surface area contributed by atoms with Crippen LogP contribution in [0.3, 0.4) is 0 Å². The normalized spacial score (nSPS) is 10.6. The standard InChI is InChI=1S/C10H9IN2O3/c1-6-2-8(16-12-6)5-13-4-7(11)3-9(13)10(14)15/h2-4H,5H2,1H3,(H,14,15). The van der Waals surface area contributed by atoms with Gasteiger partial charge in [0.2, 0.25) is 0 Å². The third kappa shape index (κ3) is 2.26. The Morgan fingerprint density at radius 3 is 2.94 bits per heavy atom. The molecule has 2 heterocycles. The molecule has 2 aromatic rings. The van der Waals surface area contributed by atoms with E-state index in [1.807, 2.05) is 6.92 Å². The van der Waals surface area contributed by atoms with Gasteiger partial charge in [-0.2, -0.15) is 0 Å². The SMILES string of the molecule is Cc1cc(Cn2cc(I)cc2C(=O)O)on1. The van der Waals surface area contributed by atoms with Crippen LogP contribution >= 0.6 is 22.6 Å². The molecule has 0 unspecified atom stereocenters. The zero-order chi connectivity index (χ0) is 11.7. The van der Waals surface area contributed by atoms with Gasteiger partial charge >= 0.3 is 5.97 Å². The number of carbonyl (C=O) groups is 1. The van der Waals surface area contributed by atoms with Crippen LogP contribution < -0.4 is 0 Å². The second-order valence-electron chi connectivity index (χ2n) is 3.41. The fourth-order valence-corrected chi connectivity index (χ4v) is 2.07. The van der Waals surface area contributed by atoms with Crippen molar-refractivity contribution >= 4 is 28.6 Å². The molecule has 0 aliphatic rings. The van der Waals surface area contributed by atoms with E-state index in [1.165, 1.54) is 0 Å². The summed E-state index contributed by atoms with van der Waals surface area (Å²) in [7, 11) is 0. The molecule has 0 aliphatic carbocycles. The molecule has 0 radical (unpaired) electrons. The van der Waals surface area contributed by atoms with Crippen molar-refractivity contribution in [3.8, 4) is 0 Å². The minimum Gasteiger partial charge on any atom is -0.477 e. The zero-order valence-corrected chi connectivity index (χ0v) is 10.6. The summed E-state index contributed by atoms with van der Waals surface area (Å²) in [6, 6.07) is 3.41. The van der Waals surface area contributed by atoms with Crippen LogP contribution in [0.25, 0.3) is 0 Å². The lowest BCUT2D eigenvalue weighted by atomic mass is 10.3. The summed E-state index contributed by atoms with van der Waals surface area (Å²) in [5.41, 5.74) is 1.03. The summed E-state index contributed by atoms with van der Waals surface area (Å²) in [5, 5.41) is 12.7. The fourth-order valence-electron chi connectivity index (χ4n) is 1.44. The minimum absolute atomic E-state index is 0.249. The quantitative estimate of drug-likeness (QED) is 0.875. The molecule has 2 aromatic heterocycles. The van der Waals surface area contributed by atoms with Crippen molar-refractivity contribution in [2.45, 2.75) is 13.5 Å². The second kappa shape index (κ2) is 4.28. The Morgan fingerprint density at radius 2 is 2.38 bits per heavy atom. The highest BCUT2D eigenvalue weighted by atomic mass is 127. The van der Waals surface area contributed by atoms with Crippen LogP contribution in [0.5, 0.6) is 0 Å². The molecule has 5 nitrogen and oxygen atoms in total. The van der Waals surface area contributed by atoms with E-state index >= 15 is 0 Å². The Hall–Kier alpha value is -1.31. The van der Waals surface area contributed by atoms with E-state index in [-0.39, 0.29) is 5.69 Å². The van der Waals surface area contributed by atoms with E-state index in [0.717, 1.165) is 9.26 Å². The van der Waals surface area contributed by atoms with E-state index in [1.54, 1.807) is 22.9 Å². The molecule has 0 amide bonds. The molecule has 0 bridgehead atoms. The van der Waals surface area contributed by atoms with Crippen molar-refractivity contribution in [2.75, 3.05) is 0 Å². The molecular formula is C10H9IN2O3. The molecule has 0 fully saturated rings. The van der Waals surface area contributed by atoms with E-state index in [2.05, 4.69) is 27.7 Å². The number of carboxylic acid groups (broad SMARTS) is 1. The molecule has 84 valence electrons. The highest BCUT2D eigenvalue weighted by molar-refractivity contribution is 14.1. The molecule has 0 saturated carbocycles. The Balaban J connectivity index is 2.30. The van der Waals surface area contributed by atoms with Gasteiger partial charge in [0.05, 0.1) is 12.2 Å². The minimum atomic E-state index is -0.945. The second-order valence-corrected chi connectivity index (χ2v) is 4.66. The lowest BCUT2D eigenvalue weighted by Crippen LogP contribution is -2.07. The van der Waals surface area contributed by atoms with Crippen LogP contribution in [0.2, 0.25) is 0 Å². The van der Waals surface area contributed by atoms with Crippen molar-refractivity contribution in [3.63, 3.8) is 0 Å². The number of nitrogens with zero attached hydrogens (tertiary/aromatic N) is 2. The number of aromatic nitrogens is 2. The first-order valence-corrected chi connectivity index (χ1v) is 5.65. The number of halogens is 1. The van der Waals surface area contributed by atoms with Crippen LogP contribution in [0.1, 0.15) is 21.9 Å². The zero-order valence-electron chi connectivity index (χ0n) is 8.48. The summed E-state index contributed by atoms with van der Waals surface area (Å²) >= 11 is 2.08. The first-order valence-electron chi connectivity index (χ1n) is 4.57. The van der Waals surface area contributed by atoms with Crippen molar-refractivity contribution in [2.24, 2.45) is 0 Å². The third-order valence-electron chi connectivity index (χ3n) is 2.09. The monoisotopic (exact) mass is 332 g/mol. The predicted octanol–water partition coefficient (Wildman–Crippen LogP) is 2.14. The van der Waals surface area contributed by atoms with Crippen LogP contribution in [-0.2, 0) is 6.54 Å². The number of rotatable bonds is 3. The van der Waals surface area contributed by atoms with Gasteiger partial charge in [0.15, 0.2) is 5.76 Å². The summed E-state index contributed by atoms with van der Waals surface area (Å²) in [4.78, 5) is 11.0. The van der Waals surface area contributed by atoms with E-state index in [0.29, 0.717) is 12.3 Å².